The molecular weight excluding hydrogens is 380 g/mol. The molecule has 0 fully saturated rings. The highest BCUT2D eigenvalue weighted by Crippen LogP contribution is 2.29. The molecule has 1 amide bonds. The Kier molecular flexibility index (Phi) is 5.09. The second-order valence-electron chi connectivity index (χ2n) is 5.88. The van der Waals surface area contributed by atoms with Gasteiger partial charge in [0, 0.05) is 29.1 Å². The van der Waals surface area contributed by atoms with Crippen LogP contribution in [-0.4, -0.2) is 32.5 Å². The number of hydrogen-bond donors (Lipinski definition) is 1. The molecule has 4 aromatic rings. The van der Waals surface area contributed by atoms with Crippen molar-refractivity contribution in [2.75, 3.05) is 17.3 Å². The fraction of sp³-hybridized carbons (Fsp3) is 0.211. The average Bonchev–Trinajstić information content (AvgIpc) is 3.28. The van der Waals surface area contributed by atoms with Gasteiger partial charge in [-0.1, -0.05) is 24.8 Å². The number of carbonyl (C=O) groups is 1. The number of furan rings is 1. The molecular formula is C19H18N4O2S2. The molecule has 0 spiro atoms. The number of aryl methyl sites for hydroxylation is 1. The number of nitrogens with one attached hydrogen (secondary N) is 1. The molecule has 27 heavy (non-hydrogen) atoms. The van der Waals surface area contributed by atoms with Gasteiger partial charge in [-0.05, 0) is 24.5 Å². The molecule has 8 heteroatoms. The SMILES string of the molecule is CCc1nnc(SCC(=O)Nc2cccc(SC)c2)c2cc3occc3n12. The lowest BCUT2D eigenvalue weighted by Gasteiger charge is -2.08. The van der Waals surface area contributed by atoms with Crippen LogP contribution in [-0.2, 0) is 11.2 Å². The minimum absolute atomic E-state index is 0.0759. The monoisotopic (exact) mass is 398 g/mol. The summed E-state index contributed by atoms with van der Waals surface area (Å²) in [5, 5.41) is 12.3. The molecule has 3 aromatic heterocycles. The van der Waals surface area contributed by atoms with Crippen molar-refractivity contribution in [2.45, 2.75) is 23.3 Å². The third kappa shape index (κ3) is 3.54. The molecule has 0 unspecified atom stereocenters. The highest BCUT2D eigenvalue weighted by Gasteiger charge is 2.16. The van der Waals surface area contributed by atoms with Gasteiger partial charge in [0.15, 0.2) is 5.58 Å². The third-order valence-corrected chi connectivity index (χ3v) is 5.86. The minimum Gasteiger partial charge on any atom is -0.463 e. The van der Waals surface area contributed by atoms with Crippen molar-refractivity contribution in [3.05, 3.63) is 48.5 Å². The van der Waals surface area contributed by atoms with Crippen molar-refractivity contribution >= 4 is 51.7 Å². The molecule has 0 aliphatic carbocycles. The summed E-state index contributed by atoms with van der Waals surface area (Å²) in [6.07, 6.45) is 4.43. The summed E-state index contributed by atoms with van der Waals surface area (Å²) in [6.45, 7) is 2.04. The van der Waals surface area contributed by atoms with E-state index in [1.807, 2.05) is 54.0 Å². The zero-order valence-corrected chi connectivity index (χ0v) is 16.6. The predicted octanol–water partition coefficient (Wildman–Crippen LogP) is 4.49. The molecule has 4 rings (SSSR count). The number of aromatic nitrogens is 3. The highest BCUT2D eigenvalue weighted by atomic mass is 32.2. The number of fused-ring (bicyclic) bond motifs is 3. The number of benzene rings is 1. The number of rotatable bonds is 6. The molecule has 0 bridgehead atoms. The zero-order valence-electron chi connectivity index (χ0n) is 14.9. The first kappa shape index (κ1) is 17.9. The third-order valence-electron chi connectivity index (χ3n) is 4.17. The van der Waals surface area contributed by atoms with Gasteiger partial charge in [-0.2, -0.15) is 0 Å². The number of carbonyl (C=O) groups excluding carboxylic acids is 1. The van der Waals surface area contributed by atoms with E-state index in [9.17, 15) is 4.79 Å². The molecule has 0 saturated heterocycles. The van der Waals surface area contributed by atoms with Crippen LogP contribution in [0.3, 0.4) is 0 Å². The van der Waals surface area contributed by atoms with Crippen LogP contribution in [0.5, 0.6) is 0 Å². The summed E-state index contributed by atoms with van der Waals surface area (Å²) in [5.41, 5.74) is 3.47. The van der Waals surface area contributed by atoms with E-state index in [0.717, 1.165) is 39.4 Å². The van der Waals surface area contributed by atoms with Crippen LogP contribution < -0.4 is 5.32 Å². The summed E-state index contributed by atoms with van der Waals surface area (Å²) in [6, 6.07) is 11.7. The summed E-state index contributed by atoms with van der Waals surface area (Å²) in [7, 11) is 0. The van der Waals surface area contributed by atoms with Crippen molar-refractivity contribution in [1.82, 2.24) is 14.6 Å². The Morgan fingerprint density at radius 1 is 1.22 bits per heavy atom. The van der Waals surface area contributed by atoms with Crippen LogP contribution in [0.25, 0.3) is 16.6 Å². The molecule has 6 nitrogen and oxygen atoms in total. The van der Waals surface area contributed by atoms with E-state index in [1.165, 1.54) is 11.8 Å². The van der Waals surface area contributed by atoms with E-state index in [4.69, 9.17) is 4.42 Å². The smallest absolute Gasteiger partial charge is 0.234 e. The molecule has 0 radical (unpaired) electrons. The van der Waals surface area contributed by atoms with Crippen molar-refractivity contribution in [3.8, 4) is 0 Å². The van der Waals surface area contributed by atoms with E-state index < -0.39 is 0 Å². The highest BCUT2D eigenvalue weighted by molar-refractivity contribution is 8.00. The second-order valence-corrected chi connectivity index (χ2v) is 7.72. The van der Waals surface area contributed by atoms with E-state index in [1.54, 1.807) is 18.0 Å². The number of thioether (sulfide) groups is 2. The van der Waals surface area contributed by atoms with Gasteiger partial charge in [0.05, 0.1) is 23.0 Å². The van der Waals surface area contributed by atoms with E-state index in [2.05, 4.69) is 15.5 Å². The van der Waals surface area contributed by atoms with Gasteiger partial charge in [-0.25, -0.2) is 0 Å². The molecule has 0 aliphatic rings. The van der Waals surface area contributed by atoms with Crippen molar-refractivity contribution < 1.29 is 9.21 Å². The van der Waals surface area contributed by atoms with Crippen molar-refractivity contribution in [3.63, 3.8) is 0 Å². The summed E-state index contributed by atoms with van der Waals surface area (Å²) in [4.78, 5) is 13.5. The van der Waals surface area contributed by atoms with Crippen LogP contribution in [0.1, 0.15) is 12.7 Å². The quantitative estimate of drug-likeness (QED) is 0.483. The lowest BCUT2D eigenvalue weighted by atomic mass is 10.3. The number of amides is 1. The Bertz CT molecular complexity index is 1120. The lowest BCUT2D eigenvalue weighted by Crippen LogP contribution is -2.14. The first-order valence-corrected chi connectivity index (χ1v) is 10.7. The standard InChI is InChI=1S/C19H18N4O2S2/c1-3-17-21-22-19(15-10-16-14(23(15)17)7-8-25-16)27-11-18(24)20-12-5-4-6-13(9-12)26-2/h4-10H,3,11H2,1-2H3,(H,20,24). The Morgan fingerprint density at radius 2 is 2.11 bits per heavy atom. The Hall–Kier alpha value is -2.45. The first-order valence-electron chi connectivity index (χ1n) is 8.50. The molecule has 138 valence electrons. The van der Waals surface area contributed by atoms with Crippen LogP contribution in [0.4, 0.5) is 5.69 Å². The van der Waals surface area contributed by atoms with Crippen LogP contribution in [0.2, 0.25) is 0 Å². The molecule has 0 saturated carbocycles. The van der Waals surface area contributed by atoms with Crippen molar-refractivity contribution in [1.29, 1.82) is 0 Å². The number of anilines is 1. The molecule has 3 heterocycles. The van der Waals surface area contributed by atoms with Gasteiger partial charge < -0.3 is 9.73 Å². The maximum absolute atomic E-state index is 12.4. The predicted molar refractivity (Wildman–Crippen MR) is 110 cm³/mol. The molecule has 1 aromatic carbocycles. The van der Waals surface area contributed by atoms with Crippen LogP contribution in [0.15, 0.2) is 57.0 Å². The minimum atomic E-state index is -0.0759. The summed E-state index contributed by atoms with van der Waals surface area (Å²) in [5.74, 6) is 1.04. The second kappa shape index (κ2) is 7.66. The normalized spacial score (nSPS) is 11.3. The maximum Gasteiger partial charge on any atom is 0.234 e. The van der Waals surface area contributed by atoms with Crippen molar-refractivity contribution in [2.24, 2.45) is 0 Å². The fourth-order valence-corrected chi connectivity index (χ4v) is 4.12. The van der Waals surface area contributed by atoms with Gasteiger partial charge in [0.1, 0.15) is 10.9 Å². The van der Waals surface area contributed by atoms with Crippen LogP contribution >= 0.6 is 23.5 Å². The van der Waals surface area contributed by atoms with E-state index in [-0.39, 0.29) is 11.7 Å². The van der Waals surface area contributed by atoms with Gasteiger partial charge in [-0.3, -0.25) is 9.20 Å². The molecule has 1 N–H and O–H groups in total. The van der Waals surface area contributed by atoms with E-state index in [0.29, 0.717) is 5.03 Å². The van der Waals surface area contributed by atoms with Gasteiger partial charge in [0.2, 0.25) is 5.91 Å². The average molecular weight is 399 g/mol. The Morgan fingerprint density at radius 3 is 2.93 bits per heavy atom. The number of nitrogens with zero attached hydrogens (tertiary/aromatic N) is 3. The van der Waals surface area contributed by atoms with Gasteiger partial charge >= 0.3 is 0 Å². The molecule has 0 atom stereocenters. The number of hydrogen-bond acceptors (Lipinski definition) is 6. The van der Waals surface area contributed by atoms with Gasteiger partial charge in [-0.15, -0.1) is 22.0 Å². The summed E-state index contributed by atoms with van der Waals surface area (Å²) < 4.78 is 7.57. The Labute approximate surface area is 164 Å². The lowest BCUT2D eigenvalue weighted by molar-refractivity contribution is -0.113. The topological polar surface area (TPSA) is 72.4 Å². The summed E-state index contributed by atoms with van der Waals surface area (Å²) >= 11 is 3.01. The molecule has 0 aliphatic heterocycles. The zero-order chi connectivity index (χ0) is 18.8. The van der Waals surface area contributed by atoms with Gasteiger partial charge in [0.25, 0.3) is 0 Å². The Balaban J connectivity index is 1.54. The fourth-order valence-electron chi connectivity index (χ4n) is 2.92. The van der Waals surface area contributed by atoms with E-state index >= 15 is 0 Å². The first-order chi connectivity index (χ1) is 13.2. The maximum atomic E-state index is 12.4. The van der Waals surface area contributed by atoms with Crippen LogP contribution in [0, 0.1) is 0 Å². The largest absolute Gasteiger partial charge is 0.463 e.